The highest BCUT2D eigenvalue weighted by molar-refractivity contribution is 6.24. The van der Waals surface area contributed by atoms with E-state index in [4.69, 9.17) is 9.47 Å². The Kier molecular flexibility index (Phi) is 12.3. The van der Waals surface area contributed by atoms with Gasteiger partial charge in [-0.3, -0.25) is 48.9 Å². The van der Waals surface area contributed by atoms with E-state index in [2.05, 4.69) is 20.5 Å². The van der Waals surface area contributed by atoms with Crippen LogP contribution in [0, 0.1) is 5.41 Å². The van der Waals surface area contributed by atoms with Crippen LogP contribution in [-0.2, 0) is 34.4 Å². The maximum Gasteiger partial charge on any atom is 0.262 e. The number of amides is 5. The Hall–Kier alpha value is -5.89. The molecule has 4 aromatic rings. The molecule has 0 bridgehead atoms. The fourth-order valence-corrected chi connectivity index (χ4v) is 8.79. The number of piperidine rings is 1. The number of unbranched alkanes of at least 4 members (excludes halogenated alkanes) is 6. The number of likely N-dealkylation sites (tertiary alicyclic amines) is 1. The second-order valence-electron chi connectivity index (χ2n) is 16.2. The van der Waals surface area contributed by atoms with Gasteiger partial charge in [-0.1, -0.05) is 44.2 Å². The summed E-state index contributed by atoms with van der Waals surface area (Å²) in [7, 11) is 4.99. The standard InChI is InChI=1S/C45H52N6O8/c1-45(26-50(27-45)25-34-36(58-3)21-29(22-37(34)59-4)33-24-49(2)41(54)32-23-46-20-18-30(32)33)44(57)47-19-11-9-7-5-6-8-10-13-28-14-12-15-31-39(28)43(56)51(42(31)55)35-16-17-38(52)48-40(35)53/h12,14-15,18,20-24,35H,5-11,13,16-17,19,25-27H2,1-4H3,(H,47,57)(H,48,52,53). The molecule has 59 heavy (non-hydrogen) atoms. The maximum absolute atomic E-state index is 13.3. The Morgan fingerprint density at radius 3 is 2.29 bits per heavy atom. The van der Waals surface area contributed by atoms with Gasteiger partial charge in [-0.15, -0.1) is 0 Å². The topological polar surface area (TPSA) is 169 Å². The van der Waals surface area contributed by atoms with Crippen molar-refractivity contribution in [3.63, 3.8) is 0 Å². The largest absolute Gasteiger partial charge is 0.496 e. The first kappa shape index (κ1) is 41.3. The number of benzene rings is 2. The molecule has 3 aliphatic rings. The van der Waals surface area contributed by atoms with Crippen LogP contribution in [0.1, 0.15) is 96.6 Å². The Bertz CT molecular complexity index is 2340. The molecule has 5 heterocycles. The molecule has 2 aromatic carbocycles. The Labute approximate surface area is 343 Å². The van der Waals surface area contributed by atoms with Crippen LogP contribution < -0.4 is 25.7 Å². The van der Waals surface area contributed by atoms with E-state index in [1.807, 2.05) is 37.4 Å². The molecule has 14 nitrogen and oxygen atoms in total. The van der Waals surface area contributed by atoms with E-state index < -0.39 is 35.1 Å². The summed E-state index contributed by atoms with van der Waals surface area (Å²) >= 11 is 0. The predicted octanol–water partition coefficient (Wildman–Crippen LogP) is 4.93. The number of hydrogen-bond donors (Lipinski definition) is 2. The molecule has 7 rings (SSSR count). The van der Waals surface area contributed by atoms with E-state index in [1.54, 1.807) is 50.4 Å². The summed E-state index contributed by atoms with van der Waals surface area (Å²) < 4.78 is 13.3. The second-order valence-corrected chi connectivity index (χ2v) is 16.2. The van der Waals surface area contributed by atoms with Crippen LogP contribution in [0.3, 0.4) is 0 Å². The number of hydrogen-bond acceptors (Lipinski definition) is 10. The number of carbonyl (C=O) groups excluding carboxylic acids is 5. The molecular weight excluding hydrogens is 753 g/mol. The van der Waals surface area contributed by atoms with Gasteiger partial charge in [0.2, 0.25) is 17.7 Å². The number of carbonyl (C=O) groups is 5. The van der Waals surface area contributed by atoms with Crippen LogP contribution in [0.5, 0.6) is 11.5 Å². The van der Waals surface area contributed by atoms with Crippen molar-refractivity contribution in [1.82, 2.24) is 30.0 Å². The fraction of sp³-hybridized carbons (Fsp3) is 0.444. The SMILES string of the molecule is COc1cc(-c2cn(C)c(=O)c3cnccc23)cc(OC)c1CN1CC(C)(C(=O)NCCCCCCCCCc2cccc3c2C(=O)N(C2CCC(=O)NC2=O)C3=O)C1. The van der Waals surface area contributed by atoms with E-state index in [0.29, 0.717) is 60.6 Å². The van der Waals surface area contributed by atoms with Gasteiger partial charge in [0.1, 0.15) is 17.5 Å². The summed E-state index contributed by atoms with van der Waals surface area (Å²) in [6, 6.07) is 10.1. The number of aryl methyl sites for hydroxylation is 2. The van der Waals surface area contributed by atoms with Crippen LogP contribution in [-0.4, -0.2) is 88.8 Å². The summed E-state index contributed by atoms with van der Waals surface area (Å²) in [5.74, 6) is -0.533. The minimum atomic E-state index is -0.966. The van der Waals surface area contributed by atoms with Crippen molar-refractivity contribution >= 4 is 40.3 Å². The Morgan fingerprint density at radius 1 is 0.898 bits per heavy atom. The average Bonchev–Trinajstić information content (AvgIpc) is 3.47. The van der Waals surface area contributed by atoms with Gasteiger partial charge in [0, 0.05) is 63.8 Å². The first-order chi connectivity index (χ1) is 28.4. The number of nitrogens with one attached hydrogen (secondary N) is 2. The molecule has 5 amide bonds. The summed E-state index contributed by atoms with van der Waals surface area (Å²) in [6.45, 7) is 4.41. The highest BCUT2D eigenvalue weighted by Gasteiger charge is 2.46. The zero-order chi connectivity index (χ0) is 41.8. The van der Waals surface area contributed by atoms with Crippen molar-refractivity contribution < 1.29 is 33.4 Å². The van der Waals surface area contributed by atoms with Crippen molar-refractivity contribution in [2.24, 2.45) is 12.5 Å². The molecule has 3 aliphatic heterocycles. The third kappa shape index (κ3) is 8.36. The molecule has 2 aromatic heterocycles. The summed E-state index contributed by atoms with van der Waals surface area (Å²) in [5.41, 5.74) is 3.54. The van der Waals surface area contributed by atoms with Crippen LogP contribution in [0.25, 0.3) is 21.9 Å². The van der Waals surface area contributed by atoms with Gasteiger partial charge in [0.05, 0.1) is 41.7 Å². The zero-order valence-electron chi connectivity index (χ0n) is 34.2. The maximum atomic E-state index is 13.3. The number of nitrogens with zero attached hydrogens (tertiary/aromatic N) is 4. The lowest BCUT2D eigenvalue weighted by Crippen LogP contribution is -2.61. The average molecular weight is 805 g/mol. The van der Waals surface area contributed by atoms with Gasteiger partial charge in [-0.25, -0.2) is 0 Å². The van der Waals surface area contributed by atoms with Crippen LogP contribution in [0.4, 0.5) is 0 Å². The lowest BCUT2D eigenvalue weighted by molar-refractivity contribution is -0.140. The quantitative estimate of drug-likeness (QED) is 0.110. The third-order valence-electron chi connectivity index (χ3n) is 11.9. The Balaban J connectivity index is 0.816. The van der Waals surface area contributed by atoms with E-state index in [9.17, 15) is 28.8 Å². The first-order valence-electron chi connectivity index (χ1n) is 20.5. The molecule has 1 atom stereocenters. The lowest BCUT2D eigenvalue weighted by atomic mass is 9.80. The number of aromatic nitrogens is 2. The molecule has 0 radical (unpaired) electrons. The van der Waals surface area contributed by atoms with E-state index in [-0.39, 0.29) is 24.3 Å². The monoisotopic (exact) mass is 804 g/mol. The number of rotatable bonds is 17. The molecule has 2 fully saturated rings. The van der Waals surface area contributed by atoms with E-state index in [1.165, 1.54) is 0 Å². The smallest absolute Gasteiger partial charge is 0.262 e. The summed E-state index contributed by atoms with van der Waals surface area (Å²) in [5, 5.41) is 6.73. The van der Waals surface area contributed by atoms with E-state index in [0.717, 1.165) is 77.5 Å². The molecule has 14 heteroatoms. The highest BCUT2D eigenvalue weighted by Crippen LogP contribution is 2.40. The van der Waals surface area contributed by atoms with Gasteiger partial charge in [0.15, 0.2) is 0 Å². The fourth-order valence-electron chi connectivity index (χ4n) is 8.79. The van der Waals surface area contributed by atoms with Crippen molar-refractivity contribution in [1.29, 1.82) is 0 Å². The van der Waals surface area contributed by atoms with Crippen molar-refractivity contribution in [3.05, 3.63) is 87.6 Å². The van der Waals surface area contributed by atoms with Gasteiger partial charge >= 0.3 is 0 Å². The minimum absolute atomic E-state index is 0.0619. The number of pyridine rings is 2. The third-order valence-corrected chi connectivity index (χ3v) is 11.9. The minimum Gasteiger partial charge on any atom is -0.496 e. The summed E-state index contributed by atoms with van der Waals surface area (Å²) in [6.07, 6.45) is 12.9. The molecule has 0 aliphatic carbocycles. The second kappa shape index (κ2) is 17.5. The number of ether oxygens (including phenoxy) is 2. The van der Waals surface area contributed by atoms with Crippen LogP contribution >= 0.6 is 0 Å². The molecular formula is C45H52N6O8. The van der Waals surface area contributed by atoms with E-state index >= 15 is 0 Å². The highest BCUT2D eigenvalue weighted by atomic mass is 16.5. The Morgan fingerprint density at radius 2 is 1.59 bits per heavy atom. The zero-order valence-corrected chi connectivity index (χ0v) is 34.2. The molecule has 0 saturated carbocycles. The number of imide groups is 2. The van der Waals surface area contributed by atoms with Crippen molar-refractivity contribution in [2.75, 3.05) is 33.9 Å². The normalized spacial score (nSPS) is 17.5. The number of methoxy groups -OCH3 is 2. The van der Waals surface area contributed by atoms with Crippen LogP contribution in [0.15, 0.2) is 59.8 Å². The van der Waals surface area contributed by atoms with Crippen LogP contribution in [0.2, 0.25) is 0 Å². The van der Waals surface area contributed by atoms with Crippen molar-refractivity contribution in [3.8, 4) is 22.6 Å². The molecule has 2 saturated heterocycles. The van der Waals surface area contributed by atoms with Gasteiger partial charge in [0.25, 0.3) is 17.4 Å². The van der Waals surface area contributed by atoms with Crippen molar-refractivity contribution in [2.45, 2.75) is 83.7 Å². The van der Waals surface area contributed by atoms with Gasteiger partial charge < -0.3 is 19.4 Å². The van der Waals surface area contributed by atoms with Gasteiger partial charge in [-0.2, -0.15) is 0 Å². The first-order valence-corrected chi connectivity index (χ1v) is 20.5. The molecule has 310 valence electrons. The van der Waals surface area contributed by atoms with Gasteiger partial charge in [-0.05, 0) is 73.4 Å². The lowest BCUT2D eigenvalue weighted by Gasteiger charge is -2.47. The molecule has 2 N–H and O–H groups in total. The summed E-state index contributed by atoms with van der Waals surface area (Å²) in [4.78, 5) is 83.8. The molecule has 1 unspecified atom stereocenters. The molecule has 0 spiro atoms. The predicted molar refractivity (Wildman–Crippen MR) is 221 cm³/mol. The number of fused-ring (bicyclic) bond motifs is 2.